The van der Waals surface area contributed by atoms with E-state index in [4.69, 9.17) is 9.47 Å². The van der Waals surface area contributed by atoms with E-state index < -0.39 is 0 Å². The fraction of sp³-hybridized carbons (Fsp3) is 0.125. The lowest BCUT2D eigenvalue weighted by Crippen LogP contribution is -2.30. The molecule has 0 bridgehead atoms. The average molecular weight is 430 g/mol. The number of nitrogens with one attached hydrogen (secondary N) is 1. The standard InChI is InChI=1S/C24H19N3O3S/c28-23(27-22(16-6-2-1-3-7-16)18-8-4-5-11-25-18)19-15-31-24(26-19)17-9-10-20-21(14-17)30-13-12-29-20/h1-11,14-15,22H,12-13H2,(H,27,28). The van der Waals surface area contributed by atoms with Gasteiger partial charge >= 0.3 is 0 Å². The highest BCUT2D eigenvalue weighted by Gasteiger charge is 2.21. The monoisotopic (exact) mass is 429 g/mol. The number of hydrogen-bond acceptors (Lipinski definition) is 6. The fourth-order valence-corrected chi connectivity index (χ4v) is 4.21. The molecule has 1 aliphatic rings. The van der Waals surface area contributed by atoms with Crippen molar-refractivity contribution in [2.24, 2.45) is 0 Å². The number of fused-ring (bicyclic) bond motifs is 1. The van der Waals surface area contributed by atoms with Crippen LogP contribution in [-0.2, 0) is 0 Å². The van der Waals surface area contributed by atoms with Crippen LogP contribution in [0.15, 0.2) is 78.3 Å². The number of benzene rings is 2. The van der Waals surface area contributed by atoms with Gasteiger partial charge in [-0.05, 0) is 35.9 Å². The van der Waals surface area contributed by atoms with Crippen LogP contribution in [0.25, 0.3) is 10.6 Å². The third-order valence-corrected chi connectivity index (χ3v) is 5.81. The normalized spacial score (nSPS) is 13.4. The summed E-state index contributed by atoms with van der Waals surface area (Å²) < 4.78 is 11.2. The summed E-state index contributed by atoms with van der Waals surface area (Å²) in [5, 5.41) is 5.59. The molecule has 1 N–H and O–H groups in total. The van der Waals surface area contributed by atoms with E-state index in [1.165, 1.54) is 11.3 Å². The molecule has 5 rings (SSSR count). The molecule has 6 nitrogen and oxygen atoms in total. The number of aromatic nitrogens is 2. The maximum absolute atomic E-state index is 13.0. The Morgan fingerprint density at radius 1 is 0.968 bits per heavy atom. The third kappa shape index (κ3) is 4.13. The molecule has 7 heteroatoms. The summed E-state index contributed by atoms with van der Waals surface area (Å²) in [6.45, 7) is 1.07. The first kappa shape index (κ1) is 19.3. The number of nitrogens with zero attached hydrogens (tertiary/aromatic N) is 2. The van der Waals surface area contributed by atoms with Crippen LogP contribution in [-0.4, -0.2) is 29.1 Å². The first-order valence-corrected chi connectivity index (χ1v) is 10.8. The quantitative estimate of drug-likeness (QED) is 0.506. The van der Waals surface area contributed by atoms with Gasteiger partial charge in [-0.15, -0.1) is 11.3 Å². The summed E-state index contributed by atoms with van der Waals surface area (Å²) in [5.41, 5.74) is 2.98. The number of ether oxygens (including phenoxy) is 2. The highest BCUT2D eigenvalue weighted by atomic mass is 32.1. The van der Waals surface area contributed by atoms with E-state index in [1.807, 2.05) is 66.7 Å². The van der Waals surface area contributed by atoms with Crippen molar-refractivity contribution in [3.05, 3.63) is 95.3 Å². The Bertz CT molecular complexity index is 1160. The summed E-state index contributed by atoms with van der Waals surface area (Å²) in [4.78, 5) is 22.0. The topological polar surface area (TPSA) is 73.3 Å². The molecule has 0 spiro atoms. The highest BCUT2D eigenvalue weighted by molar-refractivity contribution is 7.13. The van der Waals surface area contributed by atoms with Crippen molar-refractivity contribution in [3.63, 3.8) is 0 Å². The smallest absolute Gasteiger partial charge is 0.271 e. The number of carbonyl (C=O) groups excluding carboxylic acids is 1. The number of hydrogen-bond donors (Lipinski definition) is 1. The van der Waals surface area contributed by atoms with Crippen molar-refractivity contribution in [2.75, 3.05) is 13.2 Å². The van der Waals surface area contributed by atoms with Crippen molar-refractivity contribution in [2.45, 2.75) is 6.04 Å². The molecule has 1 aliphatic heterocycles. The second-order valence-corrected chi connectivity index (χ2v) is 7.83. The highest BCUT2D eigenvalue weighted by Crippen LogP contribution is 2.35. The minimum Gasteiger partial charge on any atom is -0.486 e. The average Bonchev–Trinajstić information content (AvgIpc) is 3.34. The van der Waals surface area contributed by atoms with Crippen molar-refractivity contribution >= 4 is 17.2 Å². The van der Waals surface area contributed by atoms with E-state index in [9.17, 15) is 4.79 Å². The lowest BCUT2D eigenvalue weighted by atomic mass is 10.0. The molecule has 31 heavy (non-hydrogen) atoms. The van der Waals surface area contributed by atoms with E-state index in [0.717, 1.165) is 27.6 Å². The third-order valence-electron chi connectivity index (χ3n) is 4.92. The summed E-state index contributed by atoms with van der Waals surface area (Å²) in [6.07, 6.45) is 1.72. The van der Waals surface area contributed by atoms with Crippen LogP contribution in [0, 0.1) is 0 Å². The van der Waals surface area contributed by atoms with Gasteiger partial charge in [-0.25, -0.2) is 4.98 Å². The zero-order valence-corrected chi connectivity index (χ0v) is 17.3. The van der Waals surface area contributed by atoms with E-state index >= 15 is 0 Å². The van der Waals surface area contributed by atoms with Crippen LogP contribution in [0.2, 0.25) is 0 Å². The van der Waals surface area contributed by atoms with E-state index in [-0.39, 0.29) is 11.9 Å². The molecule has 2 aromatic heterocycles. The second-order valence-electron chi connectivity index (χ2n) is 6.97. The first-order chi connectivity index (χ1) is 15.3. The maximum atomic E-state index is 13.0. The largest absolute Gasteiger partial charge is 0.486 e. The van der Waals surface area contributed by atoms with Gasteiger partial charge in [-0.1, -0.05) is 36.4 Å². The fourth-order valence-electron chi connectivity index (χ4n) is 3.41. The Hall–Kier alpha value is -3.71. The predicted molar refractivity (Wildman–Crippen MR) is 119 cm³/mol. The Morgan fingerprint density at radius 3 is 2.58 bits per heavy atom. The molecule has 4 aromatic rings. The van der Waals surface area contributed by atoms with Crippen LogP contribution in [0.1, 0.15) is 27.8 Å². The molecule has 0 radical (unpaired) electrons. The number of rotatable bonds is 5. The van der Waals surface area contributed by atoms with Gasteiger partial charge in [-0.3, -0.25) is 9.78 Å². The minimum atomic E-state index is -0.366. The summed E-state index contributed by atoms with van der Waals surface area (Å²) in [5.74, 6) is 1.18. The molecule has 1 unspecified atom stereocenters. The van der Waals surface area contributed by atoms with Gasteiger partial charge in [0, 0.05) is 17.1 Å². The molecule has 0 aliphatic carbocycles. The van der Waals surface area contributed by atoms with Crippen molar-refractivity contribution in [3.8, 4) is 22.1 Å². The Balaban J connectivity index is 1.39. The van der Waals surface area contributed by atoms with Gasteiger partial charge < -0.3 is 14.8 Å². The Labute approximate surface area is 183 Å². The number of carbonyl (C=O) groups is 1. The molecule has 1 atom stereocenters. The van der Waals surface area contributed by atoms with Crippen LogP contribution in [0.3, 0.4) is 0 Å². The molecule has 0 saturated heterocycles. The maximum Gasteiger partial charge on any atom is 0.271 e. The minimum absolute atomic E-state index is 0.250. The van der Waals surface area contributed by atoms with Crippen LogP contribution in [0.5, 0.6) is 11.5 Å². The lowest BCUT2D eigenvalue weighted by Gasteiger charge is -2.18. The van der Waals surface area contributed by atoms with Crippen LogP contribution < -0.4 is 14.8 Å². The number of amides is 1. The Morgan fingerprint density at radius 2 is 1.77 bits per heavy atom. The van der Waals surface area contributed by atoms with E-state index in [2.05, 4.69) is 15.3 Å². The van der Waals surface area contributed by atoms with E-state index in [0.29, 0.717) is 24.7 Å². The van der Waals surface area contributed by atoms with Crippen molar-refractivity contribution in [1.29, 1.82) is 0 Å². The van der Waals surface area contributed by atoms with Gasteiger partial charge in [0.2, 0.25) is 0 Å². The van der Waals surface area contributed by atoms with E-state index in [1.54, 1.807) is 11.6 Å². The Kier molecular flexibility index (Phi) is 5.33. The molecule has 0 saturated carbocycles. The van der Waals surface area contributed by atoms with Crippen LogP contribution >= 0.6 is 11.3 Å². The van der Waals surface area contributed by atoms with Crippen molar-refractivity contribution < 1.29 is 14.3 Å². The summed E-state index contributed by atoms with van der Waals surface area (Å²) >= 11 is 1.42. The molecule has 0 fully saturated rings. The lowest BCUT2D eigenvalue weighted by molar-refractivity contribution is 0.0938. The second kappa shape index (κ2) is 8.57. The molecular weight excluding hydrogens is 410 g/mol. The molecule has 1 amide bonds. The first-order valence-electron chi connectivity index (χ1n) is 9.90. The van der Waals surface area contributed by atoms with Gasteiger partial charge in [0.15, 0.2) is 11.5 Å². The summed E-state index contributed by atoms with van der Waals surface area (Å²) in [6, 6.07) is 20.8. The van der Waals surface area contributed by atoms with Crippen molar-refractivity contribution in [1.82, 2.24) is 15.3 Å². The number of pyridine rings is 1. The van der Waals surface area contributed by atoms with Gasteiger partial charge in [-0.2, -0.15) is 0 Å². The predicted octanol–water partition coefficient (Wildman–Crippen LogP) is 4.50. The molecule has 2 aromatic carbocycles. The molecule has 154 valence electrons. The van der Waals surface area contributed by atoms with Gasteiger partial charge in [0.25, 0.3) is 5.91 Å². The van der Waals surface area contributed by atoms with Gasteiger partial charge in [0.1, 0.15) is 23.9 Å². The zero-order chi connectivity index (χ0) is 21.0. The number of thiazole rings is 1. The zero-order valence-electron chi connectivity index (χ0n) is 16.5. The van der Waals surface area contributed by atoms with Crippen LogP contribution in [0.4, 0.5) is 0 Å². The molecule has 3 heterocycles. The van der Waals surface area contributed by atoms with Gasteiger partial charge in [0.05, 0.1) is 11.7 Å². The summed E-state index contributed by atoms with van der Waals surface area (Å²) in [7, 11) is 0. The SMILES string of the molecule is O=C(NC(c1ccccc1)c1ccccn1)c1csc(-c2ccc3c(c2)OCCO3)n1. The molecular formula is C24H19N3O3S.